The molecule has 1 saturated carbocycles. The molecule has 3 fully saturated rings. The summed E-state index contributed by atoms with van der Waals surface area (Å²) in [5.41, 5.74) is -0.445. The average Bonchev–Trinajstić information content (AvgIpc) is 3.46. The fourth-order valence-electron chi connectivity index (χ4n) is 5.51. The molecule has 0 unspecified atom stereocenters. The number of fused-ring (bicyclic) bond motifs is 1. The molecule has 0 radical (unpaired) electrons. The third-order valence-corrected chi connectivity index (χ3v) is 7.10. The van der Waals surface area contributed by atoms with Gasteiger partial charge in [0.15, 0.2) is 0 Å². The second kappa shape index (κ2) is 8.32. The minimum absolute atomic E-state index is 0.00645. The zero-order valence-corrected chi connectivity index (χ0v) is 17.9. The van der Waals surface area contributed by atoms with Crippen LogP contribution in [0.3, 0.4) is 0 Å². The molecule has 2 aliphatic heterocycles. The Hall–Kier alpha value is -2.51. The normalized spacial score (nSPS) is 26.1. The highest BCUT2D eigenvalue weighted by atomic mass is 16.2. The maximum atomic E-state index is 13.2. The monoisotopic (exact) mass is 413 g/mol. The molecular formula is C22H31N5O3. The van der Waals surface area contributed by atoms with Crippen LogP contribution in [0.2, 0.25) is 0 Å². The van der Waals surface area contributed by atoms with E-state index in [2.05, 4.69) is 9.97 Å². The summed E-state index contributed by atoms with van der Waals surface area (Å²) in [7, 11) is 3.48. The van der Waals surface area contributed by atoms with E-state index in [0.717, 1.165) is 6.42 Å². The number of hydrogen-bond donors (Lipinski definition) is 0. The Balaban J connectivity index is 1.46. The summed E-state index contributed by atoms with van der Waals surface area (Å²) in [5, 5.41) is 0. The number of carbonyl (C=O) groups excluding carboxylic acids is 3. The Morgan fingerprint density at radius 2 is 1.80 bits per heavy atom. The van der Waals surface area contributed by atoms with Crippen molar-refractivity contribution in [3.05, 3.63) is 24.3 Å². The van der Waals surface area contributed by atoms with Crippen molar-refractivity contribution in [3.63, 3.8) is 0 Å². The molecule has 1 aliphatic carbocycles. The van der Waals surface area contributed by atoms with Gasteiger partial charge in [0.05, 0.1) is 11.6 Å². The number of likely N-dealkylation sites (tertiary alicyclic amines) is 2. The lowest BCUT2D eigenvalue weighted by Gasteiger charge is -2.30. The summed E-state index contributed by atoms with van der Waals surface area (Å²) >= 11 is 0. The van der Waals surface area contributed by atoms with Crippen LogP contribution in [0.1, 0.15) is 49.0 Å². The van der Waals surface area contributed by atoms with E-state index < -0.39 is 5.41 Å². The van der Waals surface area contributed by atoms with Crippen LogP contribution in [-0.2, 0) is 9.59 Å². The van der Waals surface area contributed by atoms with E-state index in [9.17, 15) is 14.4 Å². The molecule has 2 saturated heterocycles. The topological polar surface area (TPSA) is 86.7 Å². The van der Waals surface area contributed by atoms with Gasteiger partial charge in [0.25, 0.3) is 5.91 Å². The molecule has 0 N–H and O–H groups in total. The predicted molar refractivity (Wildman–Crippen MR) is 110 cm³/mol. The molecule has 0 aromatic carbocycles. The molecule has 162 valence electrons. The molecule has 3 heterocycles. The second-order valence-corrected chi connectivity index (χ2v) is 9.29. The smallest absolute Gasteiger partial charge is 0.274 e. The average molecular weight is 414 g/mol. The molecule has 4 rings (SSSR count). The lowest BCUT2D eigenvalue weighted by molar-refractivity contribution is -0.140. The van der Waals surface area contributed by atoms with E-state index in [1.165, 1.54) is 44.3 Å². The summed E-state index contributed by atoms with van der Waals surface area (Å²) in [6.07, 6.45) is 11.0. The van der Waals surface area contributed by atoms with Gasteiger partial charge in [0.1, 0.15) is 5.69 Å². The van der Waals surface area contributed by atoms with Crippen LogP contribution >= 0.6 is 0 Å². The van der Waals surface area contributed by atoms with Crippen LogP contribution < -0.4 is 0 Å². The molecule has 0 spiro atoms. The number of aromatic nitrogens is 2. The molecule has 1 aromatic heterocycles. The van der Waals surface area contributed by atoms with Gasteiger partial charge >= 0.3 is 0 Å². The first-order valence-corrected chi connectivity index (χ1v) is 11.0. The zero-order chi connectivity index (χ0) is 21.3. The van der Waals surface area contributed by atoms with E-state index in [1.807, 2.05) is 4.90 Å². The van der Waals surface area contributed by atoms with Gasteiger partial charge in [-0.3, -0.25) is 19.4 Å². The van der Waals surface area contributed by atoms with Crippen molar-refractivity contribution in [2.45, 2.75) is 38.5 Å². The van der Waals surface area contributed by atoms with Crippen molar-refractivity contribution in [2.75, 3.05) is 40.3 Å². The maximum absolute atomic E-state index is 13.2. The van der Waals surface area contributed by atoms with Crippen molar-refractivity contribution in [1.29, 1.82) is 0 Å². The SMILES string of the molecule is CN(C)C(=O)[C@@]12CN(C(=O)CCC3CCCC3)C[C@@H]1CN(C(=O)c1cnccn1)C2. The molecule has 8 nitrogen and oxygen atoms in total. The van der Waals surface area contributed by atoms with Crippen molar-refractivity contribution in [1.82, 2.24) is 24.7 Å². The van der Waals surface area contributed by atoms with Crippen LogP contribution in [0.5, 0.6) is 0 Å². The molecule has 0 bridgehead atoms. The molecule has 8 heteroatoms. The fraction of sp³-hybridized carbons (Fsp3) is 0.682. The van der Waals surface area contributed by atoms with Crippen molar-refractivity contribution in [3.8, 4) is 0 Å². The zero-order valence-electron chi connectivity index (χ0n) is 17.9. The highest BCUT2D eigenvalue weighted by molar-refractivity contribution is 5.94. The van der Waals surface area contributed by atoms with Gasteiger partial charge in [0.2, 0.25) is 11.8 Å². The fourth-order valence-corrected chi connectivity index (χ4v) is 5.51. The Kier molecular flexibility index (Phi) is 5.75. The first kappa shape index (κ1) is 20.8. The Bertz CT molecular complexity index is 808. The molecule has 3 amide bonds. The standard InChI is InChI=1S/C22H31N5O3/c1-25(2)21(30)22-14-26(19(28)8-7-16-5-3-4-6-16)12-17(22)13-27(15-22)20(29)18-11-23-9-10-24-18/h9-11,16-17H,3-8,12-15H2,1-2H3/t17-,22-/m1/s1. The van der Waals surface area contributed by atoms with Crippen LogP contribution in [0, 0.1) is 17.3 Å². The van der Waals surface area contributed by atoms with Crippen LogP contribution in [0.15, 0.2) is 18.6 Å². The highest BCUT2D eigenvalue weighted by Crippen LogP contribution is 2.44. The minimum Gasteiger partial charge on any atom is -0.348 e. The van der Waals surface area contributed by atoms with Gasteiger partial charge in [-0.05, 0) is 12.3 Å². The van der Waals surface area contributed by atoms with E-state index in [4.69, 9.17) is 0 Å². The van der Waals surface area contributed by atoms with Gasteiger partial charge < -0.3 is 14.7 Å². The molecule has 3 aliphatic rings. The van der Waals surface area contributed by atoms with Gasteiger partial charge in [-0.25, -0.2) is 4.98 Å². The molecule has 30 heavy (non-hydrogen) atoms. The van der Waals surface area contributed by atoms with Crippen LogP contribution in [-0.4, -0.2) is 82.7 Å². The summed E-state index contributed by atoms with van der Waals surface area (Å²) < 4.78 is 0. The molecule has 1 aromatic rings. The van der Waals surface area contributed by atoms with E-state index in [-0.39, 0.29) is 29.3 Å². The number of nitrogens with zero attached hydrogens (tertiary/aromatic N) is 5. The van der Waals surface area contributed by atoms with E-state index >= 15 is 0 Å². The lowest BCUT2D eigenvalue weighted by atomic mass is 9.80. The van der Waals surface area contributed by atoms with Crippen molar-refractivity contribution >= 4 is 17.7 Å². The number of rotatable bonds is 5. The van der Waals surface area contributed by atoms with Crippen LogP contribution in [0.25, 0.3) is 0 Å². The lowest BCUT2D eigenvalue weighted by Crippen LogP contribution is -2.48. The highest BCUT2D eigenvalue weighted by Gasteiger charge is 2.59. The maximum Gasteiger partial charge on any atom is 0.274 e. The van der Waals surface area contributed by atoms with Crippen molar-refractivity contribution < 1.29 is 14.4 Å². The minimum atomic E-state index is -0.732. The third kappa shape index (κ3) is 3.79. The van der Waals surface area contributed by atoms with E-state index in [1.54, 1.807) is 23.9 Å². The summed E-state index contributed by atoms with van der Waals surface area (Å²) in [4.78, 5) is 52.3. The number of hydrogen-bond acceptors (Lipinski definition) is 5. The van der Waals surface area contributed by atoms with Gasteiger partial charge in [-0.1, -0.05) is 25.7 Å². The van der Waals surface area contributed by atoms with Crippen molar-refractivity contribution in [2.24, 2.45) is 17.3 Å². The number of carbonyl (C=O) groups is 3. The van der Waals surface area contributed by atoms with E-state index in [0.29, 0.717) is 38.5 Å². The first-order valence-electron chi connectivity index (χ1n) is 11.0. The van der Waals surface area contributed by atoms with Gasteiger partial charge in [-0.15, -0.1) is 0 Å². The summed E-state index contributed by atoms with van der Waals surface area (Å²) in [6.45, 7) is 1.70. The molecular weight excluding hydrogens is 382 g/mol. The third-order valence-electron chi connectivity index (χ3n) is 7.10. The number of amides is 3. The van der Waals surface area contributed by atoms with Crippen LogP contribution in [0.4, 0.5) is 0 Å². The Morgan fingerprint density at radius 1 is 1.10 bits per heavy atom. The summed E-state index contributed by atoms with van der Waals surface area (Å²) in [6, 6.07) is 0. The second-order valence-electron chi connectivity index (χ2n) is 9.29. The first-order chi connectivity index (χ1) is 14.4. The Labute approximate surface area is 177 Å². The largest absolute Gasteiger partial charge is 0.348 e. The van der Waals surface area contributed by atoms with Gasteiger partial charge in [-0.2, -0.15) is 0 Å². The quantitative estimate of drug-likeness (QED) is 0.729. The Morgan fingerprint density at radius 3 is 2.47 bits per heavy atom. The summed E-state index contributed by atoms with van der Waals surface area (Å²) in [5.74, 6) is 0.557. The van der Waals surface area contributed by atoms with Gasteiger partial charge in [0, 0.05) is 65.0 Å². The predicted octanol–water partition coefficient (Wildman–Crippen LogP) is 1.44. The molecule has 2 atom stereocenters.